The lowest BCUT2D eigenvalue weighted by Gasteiger charge is -2.27. The maximum Gasteiger partial charge on any atom is 0.220 e. The highest BCUT2D eigenvalue weighted by Gasteiger charge is 2.21. The van der Waals surface area contributed by atoms with E-state index in [0.717, 1.165) is 5.56 Å². The van der Waals surface area contributed by atoms with E-state index in [0.29, 0.717) is 6.42 Å². The summed E-state index contributed by atoms with van der Waals surface area (Å²) in [6.45, 7) is 5.77. The van der Waals surface area contributed by atoms with Crippen molar-refractivity contribution in [1.82, 2.24) is 0 Å². The number of phenols is 1. The number of para-hydroxylation sites is 1. The van der Waals surface area contributed by atoms with E-state index in [1.165, 1.54) is 0 Å². The first-order valence-electron chi connectivity index (χ1n) is 6.01. The number of carbonyl (C=O) groups excluding carboxylic acids is 1. The van der Waals surface area contributed by atoms with Crippen LogP contribution in [0.3, 0.4) is 0 Å². The number of primary amides is 1. The third kappa shape index (κ3) is 5.19. The second-order valence-corrected chi connectivity index (χ2v) is 5.36. The molecule has 100 valence electrons. The van der Waals surface area contributed by atoms with Crippen LogP contribution in [0.5, 0.6) is 5.75 Å². The number of carbonyl (C=O) groups is 1. The van der Waals surface area contributed by atoms with Gasteiger partial charge in [0.2, 0.25) is 5.91 Å². The van der Waals surface area contributed by atoms with Gasteiger partial charge in [0.25, 0.3) is 0 Å². The van der Waals surface area contributed by atoms with Gasteiger partial charge in [-0.1, -0.05) is 18.2 Å². The number of amides is 1. The number of benzene rings is 1. The number of hydrogen-bond acceptors (Lipinski definition) is 3. The molecule has 0 aliphatic heterocycles. The molecule has 0 heterocycles. The fraction of sp³-hybridized carbons (Fsp3) is 0.500. The zero-order valence-electron chi connectivity index (χ0n) is 11.1. The minimum atomic E-state index is -0.403. The molecule has 1 rings (SSSR count). The fourth-order valence-corrected chi connectivity index (χ4v) is 1.81. The first-order valence-corrected chi connectivity index (χ1v) is 6.01. The zero-order valence-corrected chi connectivity index (χ0v) is 11.1. The van der Waals surface area contributed by atoms with Crippen molar-refractivity contribution in [2.24, 2.45) is 5.73 Å². The number of rotatable bonds is 5. The van der Waals surface area contributed by atoms with Gasteiger partial charge in [-0.25, -0.2) is 0 Å². The van der Waals surface area contributed by atoms with E-state index < -0.39 is 5.91 Å². The maximum atomic E-state index is 11.1. The number of phenolic OH excluding ortho intramolecular Hbond substituents is 1. The molecular weight excluding hydrogens is 230 g/mol. The normalized spacial score (nSPS) is 13.3. The van der Waals surface area contributed by atoms with Crippen LogP contribution in [0.2, 0.25) is 0 Å². The number of aromatic hydroxyl groups is 1. The molecule has 1 amide bonds. The molecule has 0 aliphatic rings. The SMILES string of the molecule is CC(C)(C)OC(CC(N)=O)Cc1ccccc1O. The van der Waals surface area contributed by atoms with Gasteiger partial charge in [0.1, 0.15) is 5.75 Å². The van der Waals surface area contributed by atoms with Gasteiger partial charge in [-0.2, -0.15) is 0 Å². The van der Waals surface area contributed by atoms with Crippen molar-refractivity contribution < 1.29 is 14.6 Å². The van der Waals surface area contributed by atoms with E-state index in [9.17, 15) is 9.90 Å². The fourth-order valence-electron chi connectivity index (χ4n) is 1.81. The Labute approximate surface area is 108 Å². The second kappa shape index (κ2) is 5.87. The predicted molar refractivity (Wildman–Crippen MR) is 70.2 cm³/mol. The van der Waals surface area contributed by atoms with Crippen LogP contribution >= 0.6 is 0 Å². The molecule has 1 aromatic rings. The zero-order chi connectivity index (χ0) is 13.8. The molecule has 0 saturated heterocycles. The summed E-state index contributed by atoms with van der Waals surface area (Å²) >= 11 is 0. The summed E-state index contributed by atoms with van der Waals surface area (Å²) in [5, 5.41) is 9.72. The number of ether oxygens (including phenoxy) is 1. The molecule has 3 N–H and O–H groups in total. The van der Waals surface area contributed by atoms with E-state index in [2.05, 4.69) is 0 Å². The smallest absolute Gasteiger partial charge is 0.220 e. The van der Waals surface area contributed by atoms with Crippen molar-refractivity contribution in [2.75, 3.05) is 0 Å². The summed E-state index contributed by atoms with van der Waals surface area (Å²) in [5.41, 5.74) is 5.62. The molecule has 0 spiro atoms. The van der Waals surface area contributed by atoms with Crippen LogP contribution in [0.25, 0.3) is 0 Å². The average molecular weight is 251 g/mol. The van der Waals surface area contributed by atoms with Crippen LogP contribution < -0.4 is 5.73 Å². The summed E-state index contributed by atoms with van der Waals surface area (Å²) in [5.74, 6) is -0.191. The van der Waals surface area contributed by atoms with E-state index >= 15 is 0 Å². The molecule has 0 fully saturated rings. The molecular formula is C14H21NO3. The quantitative estimate of drug-likeness (QED) is 0.840. The molecule has 4 nitrogen and oxygen atoms in total. The molecule has 0 aromatic heterocycles. The van der Waals surface area contributed by atoms with E-state index in [1.807, 2.05) is 32.9 Å². The lowest BCUT2D eigenvalue weighted by atomic mass is 10.0. The number of nitrogens with two attached hydrogens (primary N) is 1. The molecule has 1 unspecified atom stereocenters. The van der Waals surface area contributed by atoms with Crippen LogP contribution in [-0.4, -0.2) is 22.7 Å². The molecule has 18 heavy (non-hydrogen) atoms. The minimum Gasteiger partial charge on any atom is -0.508 e. The first-order chi connectivity index (χ1) is 8.28. The summed E-state index contributed by atoms with van der Waals surface area (Å²) < 4.78 is 5.80. The highest BCUT2D eigenvalue weighted by molar-refractivity contribution is 5.74. The summed E-state index contributed by atoms with van der Waals surface area (Å²) in [6.07, 6.45) is 0.286. The van der Waals surface area contributed by atoms with Gasteiger partial charge in [-0.3, -0.25) is 4.79 Å². The van der Waals surface area contributed by atoms with Gasteiger partial charge in [-0.15, -0.1) is 0 Å². The van der Waals surface area contributed by atoms with E-state index in [4.69, 9.17) is 10.5 Å². The van der Waals surface area contributed by atoms with Crippen molar-refractivity contribution in [3.8, 4) is 5.75 Å². The molecule has 0 saturated carbocycles. The van der Waals surface area contributed by atoms with Crippen LogP contribution in [0.1, 0.15) is 32.8 Å². The van der Waals surface area contributed by atoms with Crippen molar-refractivity contribution in [3.63, 3.8) is 0 Å². The average Bonchev–Trinajstić information content (AvgIpc) is 2.17. The Balaban J connectivity index is 2.78. The Morgan fingerprint density at radius 1 is 1.39 bits per heavy atom. The Morgan fingerprint density at radius 2 is 2.00 bits per heavy atom. The van der Waals surface area contributed by atoms with Gasteiger partial charge in [-0.05, 0) is 32.4 Å². The van der Waals surface area contributed by atoms with Crippen LogP contribution in [0.4, 0.5) is 0 Å². The maximum absolute atomic E-state index is 11.1. The highest BCUT2D eigenvalue weighted by Crippen LogP contribution is 2.22. The van der Waals surface area contributed by atoms with Gasteiger partial charge in [0, 0.05) is 6.42 Å². The first kappa shape index (κ1) is 14.5. The molecule has 0 aliphatic carbocycles. The monoisotopic (exact) mass is 251 g/mol. The topological polar surface area (TPSA) is 72.5 Å². The Morgan fingerprint density at radius 3 is 2.50 bits per heavy atom. The summed E-state index contributed by atoms with van der Waals surface area (Å²) in [7, 11) is 0. The van der Waals surface area contributed by atoms with Crippen molar-refractivity contribution in [1.29, 1.82) is 0 Å². The lowest BCUT2D eigenvalue weighted by Crippen LogP contribution is -2.32. The van der Waals surface area contributed by atoms with Gasteiger partial charge < -0.3 is 15.6 Å². The summed E-state index contributed by atoms with van der Waals surface area (Å²) in [4.78, 5) is 11.1. The van der Waals surface area contributed by atoms with E-state index in [1.54, 1.807) is 12.1 Å². The van der Waals surface area contributed by atoms with Gasteiger partial charge in [0.15, 0.2) is 0 Å². The molecule has 1 atom stereocenters. The molecule has 4 heteroatoms. The highest BCUT2D eigenvalue weighted by atomic mass is 16.5. The van der Waals surface area contributed by atoms with Crippen molar-refractivity contribution >= 4 is 5.91 Å². The Kier molecular flexibility index (Phi) is 4.73. The largest absolute Gasteiger partial charge is 0.508 e. The van der Waals surface area contributed by atoms with Crippen LogP contribution in [0, 0.1) is 0 Å². The van der Waals surface area contributed by atoms with Gasteiger partial charge >= 0.3 is 0 Å². The molecule has 1 aromatic carbocycles. The van der Waals surface area contributed by atoms with Crippen molar-refractivity contribution in [3.05, 3.63) is 29.8 Å². The standard InChI is InChI=1S/C14H21NO3/c1-14(2,3)18-11(9-13(15)17)8-10-6-4-5-7-12(10)16/h4-7,11,16H,8-9H2,1-3H3,(H2,15,17). The predicted octanol–water partition coefficient (Wildman–Crippen LogP) is 1.99. The lowest BCUT2D eigenvalue weighted by molar-refractivity contribution is -0.124. The Bertz CT molecular complexity index is 410. The minimum absolute atomic E-state index is 0.144. The molecule has 0 radical (unpaired) electrons. The summed E-state index contributed by atoms with van der Waals surface area (Å²) in [6, 6.07) is 7.03. The number of hydrogen-bond donors (Lipinski definition) is 2. The van der Waals surface area contributed by atoms with E-state index in [-0.39, 0.29) is 23.9 Å². The Hall–Kier alpha value is -1.55. The van der Waals surface area contributed by atoms with Gasteiger partial charge in [0.05, 0.1) is 18.1 Å². The van der Waals surface area contributed by atoms with Crippen LogP contribution in [-0.2, 0) is 16.0 Å². The van der Waals surface area contributed by atoms with Crippen molar-refractivity contribution in [2.45, 2.75) is 45.3 Å². The third-order valence-corrected chi connectivity index (χ3v) is 2.39. The van der Waals surface area contributed by atoms with Crippen LogP contribution in [0.15, 0.2) is 24.3 Å². The molecule has 0 bridgehead atoms. The third-order valence-electron chi connectivity index (χ3n) is 2.39. The second-order valence-electron chi connectivity index (χ2n) is 5.36.